The van der Waals surface area contributed by atoms with Crippen LogP contribution in [-0.2, 0) is 22.6 Å². The molecule has 4 atom stereocenters. The van der Waals surface area contributed by atoms with Crippen LogP contribution in [-0.4, -0.2) is 58.4 Å². The topological polar surface area (TPSA) is 156 Å². The lowest BCUT2D eigenvalue weighted by molar-refractivity contribution is -0.136. The molecule has 1 saturated carbocycles. The monoisotopic (exact) mass is 485 g/mol. The van der Waals surface area contributed by atoms with Gasteiger partial charge in [0.15, 0.2) is 5.78 Å². The van der Waals surface area contributed by atoms with E-state index < -0.39 is 29.1 Å². The number of ketones is 1. The van der Waals surface area contributed by atoms with Crippen LogP contribution in [0, 0.1) is 17.8 Å². The third-order valence-electron chi connectivity index (χ3n) is 7.75. The zero-order valence-electron chi connectivity index (χ0n) is 20.7. The summed E-state index contributed by atoms with van der Waals surface area (Å²) in [6.07, 6.45) is 1.82. The second kappa shape index (κ2) is 8.87. The molecular weight excluding hydrogens is 450 g/mol. The Morgan fingerprint density at radius 3 is 2.54 bits per heavy atom. The Kier molecular flexibility index (Phi) is 6.36. The molecule has 1 aromatic carbocycles. The first kappa shape index (κ1) is 25.1. The van der Waals surface area contributed by atoms with Gasteiger partial charge in [-0.2, -0.15) is 0 Å². The van der Waals surface area contributed by atoms with Gasteiger partial charge >= 0.3 is 0 Å². The van der Waals surface area contributed by atoms with Gasteiger partial charge in [-0.15, -0.1) is 0 Å². The molecule has 0 aromatic heterocycles. The highest BCUT2D eigenvalue weighted by molar-refractivity contribution is 6.08. The lowest BCUT2D eigenvalue weighted by atomic mass is 9.57. The Morgan fingerprint density at radius 1 is 1.26 bits per heavy atom. The molecule has 0 spiro atoms. The summed E-state index contributed by atoms with van der Waals surface area (Å²) in [6.45, 7) is 4.52. The molecule has 0 radical (unpaired) electrons. The molecule has 0 saturated heterocycles. The van der Waals surface area contributed by atoms with Crippen molar-refractivity contribution in [1.29, 1.82) is 0 Å². The number of carbonyl (C=O) groups is 2. The molecule has 4 rings (SSSR count). The number of hydrogen-bond donors (Lipinski definition) is 6. The standard InChI is InChI=1S/C26H35N3O6/c1-5-6-28-11-14-9-16(29(3)4)15-8-12-7-13-10-17(30)21(25(27)34)26(2,35)20(13)24(33)18(12)23(32)19(15)22(14)31/h9,12-13,20,28,30-32,35H,5-8,10-11H2,1-4H3,(H2,27,34). The second-order valence-corrected chi connectivity index (χ2v) is 10.4. The molecule has 3 aliphatic carbocycles. The van der Waals surface area contributed by atoms with E-state index in [2.05, 4.69) is 5.32 Å². The quantitative estimate of drug-likeness (QED) is 0.334. The average Bonchev–Trinajstić information content (AvgIpc) is 2.73. The third kappa shape index (κ3) is 3.87. The van der Waals surface area contributed by atoms with Crippen LogP contribution in [0.1, 0.15) is 49.8 Å². The van der Waals surface area contributed by atoms with Gasteiger partial charge in [0.25, 0.3) is 5.91 Å². The van der Waals surface area contributed by atoms with Crippen molar-refractivity contribution in [3.05, 3.63) is 39.7 Å². The summed E-state index contributed by atoms with van der Waals surface area (Å²) in [6, 6.07) is 1.90. The van der Waals surface area contributed by atoms with Crippen molar-refractivity contribution in [2.75, 3.05) is 25.5 Å². The van der Waals surface area contributed by atoms with Crippen LogP contribution in [0.15, 0.2) is 23.0 Å². The van der Waals surface area contributed by atoms with Crippen LogP contribution in [0.25, 0.3) is 5.76 Å². The highest BCUT2D eigenvalue weighted by Crippen LogP contribution is 2.54. The van der Waals surface area contributed by atoms with Crippen LogP contribution in [0.2, 0.25) is 0 Å². The Labute approximate surface area is 204 Å². The number of nitrogens with two attached hydrogens (primary N) is 1. The predicted octanol–water partition coefficient (Wildman–Crippen LogP) is 2.06. The molecule has 1 aromatic rings. The predicted molar refractivity (Wildman–Crippen MR) is 132 cm³/mol. The van der Waals surface area contributed by atoms with E-state index in [1.165, 1.54) is 6.92 Å². The zero-order valence-corrected chi connectivity index (χ0v) is 20.7. The number of hydrogen-bond acceptors (Lipinski definition) is 8. The highest BCUT2D eigenvalue weighted by atomic mass is 16.3. The van der Waals surface area contributed by atoms with E-state index in [-0.39, 0.29) is 46.3 Å². The summed E-state index contributed by atoms with van der Waals surface area (Å²) >= 11 is 0. The summed E-state index contributed by atoms with van der Waals surface area (Å²) in [5.41, 5.74) is 5.70. The first-order valence-corrected chi connectivity index (χ1v) is 12.1. The van der Waals surface area contributed by atoms with Crippen molar-refractivity contribution in [3.8, 4) is 5.75 Å². The van der Waals surface area contributed by atoms with Crippen LogP contribution in [0.3, 0.4) is 0 Å². The van der Waals surface area contributed by atoms with Crippen LogP contribution < -0.4 is 16.0 Å². The molecule has 1 amide bonds. The number of phenols is 1. The van der Waals surface area contributed by atoms with Crippen LogP contribution in [0.4, 0.5) is 5.69 Å². The summed E-state index contributed by atoms with van der Waals surface area (Å²) in [4.78, 5) is 27.7. The number of rotatable bonds is 6. The van der Waals surface area contributed by atoms with Gasteiger partial charge in [-0.1, -0.05) is 6.92 Å². The van der Waals surface area contributed by atoms with Crippen LogP contribution in [0.5, 0.6) is 5.75 Å². The lowest BCUT2D eigenvalue weighted by Gasteiger charge is -2.48. The third-order valence-corrected chi connectivity index (χ3v) is 7.75. The minimum Gasteiger partial charge on any atom is -0.512 e. The molecular formula is C26H35N3O6. The summed E-state index contributed by atoms with van der Waals surface area (Å²) < 4.78 is 0. The second-order valence-electron chi connectivity index (χ2n) is 10.4. The molecule has 9 heteroatoms. The van der Waals surface area contributed by atoms with E-state index in [0.717, 1.165) is 24.2 Å². The molecule has 7 N–H and O–H groups in total. The number of allylic oxidation sites excluding steroid dienone is 2. The number of primary amides is 1. The van der Waals surface area contributed by atoms with E-state index in [4.69, 9.17) is 5.73 Å². The lowest BCUT2D eigenvalue weighted by Crippen LogP contribution is -2.55. The van der Waals surface area contributed by atoms with E-state index in [9.17, 15) is 30.0 Å². The normalized spacial score (nSPS) is 27.9. The number of nitrogens with one attached hydrogen (secondary N) is 1. The molecule has 9 nitrogen and oxygen atoms in total. The Balaban J connectivity index is 1.86. The van der Waals surface area contributed by atoms with Gasteiger partial charge in [0.1, 0.15) is 22.9 Å². The van der Waals surface area contributed by atoms with E-state index in [1.54, 1.807) is 0 Å². The van der Waals surface area contributed by atoms with Crippen molar-refractivity contribution in [2.24, 2.45) is 23.5 Å². The minimum absolute atomic E-state index is 0.0516. The summed E-state index contributed by atoms with van der Waals surface area (Å²) in [5.74, 6) is -3.92. The van der Waals surface area contributed by atoms with Crippen molar-refractivity contribution >= 4 is 23.1 Å². The Bertz CT molecular complexity index is 1150. The number of aromatic hydroxyl groups is 1. The number of Topliss-reactive ketones (excluding diaryl/α,β-unsaturated/α-hetero) is 1. The van der Waals surface area contributed by atoms with E-state index in [1.807, 2.05) is 32.0 Å². The van der Waals surface area contributed by atoms with Crippen molar-refractivity contribution in [2.45, 2.75) is 51.7 Å². The number of aliphatic hydroxyl groups excluding tert-OH is 2. The largest absolute Gasteiger partial charge is 0.512 e. The fourth-order valence-electron chi connectivity index (χ4n) is 6.33. The smallest absolute Gasteiger partial charge is 0.250 e. The number of phenolic OH excluding ortho intramolecular Hbond substituents is 1. The number of anilines is 1. The van der Waals surface area contributed by atoms with Crippen molar-refractivity contribution in [1.82, 2.24) is 5.32 Å². The Morgan fingerprint density at radius 2 is 1.94 bits per heavy atom. The van der Waals surface area contributed by atoms with E-state index in [0.29, 0.717) is 24.9 Å². The van der Waals surface area contributed by atoms with Gasteiger partial charge in [-0.3, -0.25) is 9.59 Å². The Hall–Kier alpha value is -3.04. The van der Waals surface area contributed by atoms with Gasteiger partial charge in [0.2, 0.25) is 0 Å². The van der Waals surface area contributed by atoms with Gasteiger partial charge in [-0.05, 0) is 56.2 Å². The van der Waals surface area contributed by atoms with E-state index >= 15 is 0 Å². The fraction of sp³-hybridized carbons (Fsp3) is 0.538. The number of nitrogens with zero attached hydrogens (tertiary/aromatic N) is 1. The van der Waals surface area contributed by atoms with Gasteiger partial charge < -0.3 is 36.4 Å². The number of aliphatic hydroxyl groups is 3. The highest BCUT2D eigenvalue weighted by Gasteiger charge is 2.57. The molecule has 0 aliphatic heterocycles. The van der Waals surface area contributed by atoms with Gasteiger partial charge in [0.05, 0.1) is 17.1 Å². The summed E-state index contributed by atoms with van der Waals surface area (Å²) in [5, 5.41) is 47.6. The molecule has 3 aliphatic rings. The zero-order chi connectivity index (χ0) is 25.8. The number of amides is 1. The molecule has 1 fully saturated rings. The number of benzene rings is 1. The maximum atomic E-state index is 13.8. The average molecular weight is 486 g/mol. The van der Waals surface area contributed by atoms with Gasteiger partial charge in [-0.25, -0.2) is 0 Å². The van der Waals surface area contributed by atoms with Crippen molar-refractivity contribution in [3.63, 3.8) is 0 Å². The maximum absolute atomic E-state index is 13.8. The fourth-order valence-corrected chi connectivity index (χ4v) is 6.33. The molecule has 0 bridgehead atoms. The SMILES string of the molecule is CCCNCc1cc(N(C)C)c2c(c1O)C(O)=C1C(=O)C3C(CC(O)=C(C(N)=O)C3(C)O)CC1C2. The molecule has 4 unspecified atom stereocenters. The van der Waals surface area contributed by atoms with Crippen LogP contribution >= 0.6 is 0 Å². The maximum Gasteiger partial charge on any atom is 0.250 e. The van der Waals surface area contributed by atoms with Gasteiger partial charge in [0, 0.05) is 43.9 Å². The molecule has 0 heterocycles. The number of fused-ring (bicyclic) bond motifs is 3. The molecule has 190 valence electrons. The first-order valence-electron chi connectivity index (χ1n) is 12.1. The molecule has 35 heavy (non-hydrogen) atoms. The first-order chi connectivity index (χ1) is 16.4. The summed E-state index contributed by atoms with van der Waals surface area (Å²) in [7, 11) is 3.78. The van der Waals surface area contributed by atoms with Crippen molar-refractivity contribution < 1.29 is 30.0 Å². The number of carbonyl (C=O) groups excluding carboxylic acids is 2. The minimum atomic E-state index is -1.97.